The van der Waals surface area contributed by atoms with E-state index in [1.54, 1.807) is 0 Å². The molecule has 0 fully saturated rings. The van der Waals surface area contributed by atoms with Crippen molar-refractivity contribution in [2.75, 3.05) is 6.61 Å². The van der Waals surface area contributed by atoms with Gasteiger partial charge < -0.3 is 9.84 Å². The second-order valence-corrected chi connectivity index (χ2v) is 4.67. The average Bonchev–Trinajstić information content (AvgIpc) is 2.39. The van der Waals surface area contributed by atoms with Gasteiger partial charge in [-0.1, -0.05) is 13.3 Å². The summed E-state index contributed by atoms with van der Waals surface area (Å²) >= 11 is 0. The minimum Gasteiger partial charge on any atom is -0.493 e. The fourth-order valence-electron chi connectivity index (χ4n) is 1.69. The Labute approximate surface area is 119 Å². The highest BCUT2D eigenvalue weighted by Crippen LogP contribution is 2.36. The number of hydrogen-bond acceptors (Lipinski definition) is 2. The molecule has 1 aromatic rings. The summed E-state index contributed by atoms with van der Waals surface area (Å²) in [6.45, 7) is 2.17. The Bertz CT molecular complexity index is 451. The van der Waals surface area contributed by atoms with Gasteiger partial charge in [0.1, 0.15) is 11.6 Å². The molecule has 1 atom stereocenters. The topological polar surface area (TPSA) is 29.5 Å². The van der Waals surface area contributed by atoms with Crippen molar-refractivity contribution in [1.82, 2.24) is 0 Å². The highest BCUT2D eigenvalue weighted by molar-refractivity contribution is 5.36. The molecule has 21 heavy (non-hydrogen) atoms. The van der Waals surface area contributed by atoms with E-state index >= 15 is 0 Å². The van der Waals surface area contributed by atoms with Crippen molar-refractivity contribution in [3.8, 4) is 5.75 Å². The lowest BCUT2D eigenvalue weighted by Gasteiger charge is -2.21. The molecular weight excluding hydrogens is 295 g/mol. The first-order valence-corrected chi connectivity index (χ1v) is 6.54. The van der Waals surface area contributed by atoms with Crippen molar-refractivity contribution in [3.05, 3.63) is 29.6 Å². The fourth-order valence-corrected chi connectivity index (χ4v) is 1.69. The molecule has 1 unspecified atom stereocenters. The second-order valence-electron chi connectivity index (χ2n) is 4.67. The van der Waals surface area contributed by atoms with Crippen LogP contribution in [-0.2, 0) is 0 Å². The first-order chi connectivity index (χ1) is 9.77. The first-order valence-electron chi connectivity index (χ1n) is 6.54. The number of aliphatic hydroxyl groups excluding tert-OH is 1. The molecule has 0 aliphatic carbocycles. The molecule has 7 heteroatoms. The Balaban J connectivity index is 2.90. The maximum Gasteiger partial charge on any atom is 0.310 e. The second kappa shape index (κ2) is 7.59. The van der Waals surface area contributed by atoms with Crippen molar-refractivity contribution in [2.24, 2.45) is 0 Å². The molecule has 120 valence electrons. The lowest BCUT2D eigenvalue weighted by molar-refractivity contribution is -0.149. The maximum absolute atomic E-state index is 13.2. The molecule has 1 N–H and O–H groups in total. The van der Waals surface area contributed by atoms with Crippen LogP contribution in [0.25, 0.3) is 0 Å². The van der Waals surface area contributed by atoms with Crippen LogP contribution >= 0.6 is 0 Å². The average molecular weight is 312 g/mol. The Morgan fingerprint density at radius 1 is 1.29 bits per heavy atom. The molecule has 0 saturated carbocycles. The van der Waals surface area contributed by atoms with Gasteiger partial charge in [0.15, 0.2) is 0 Å². The third-order valence-electron chi connectivity index (χ3n) is 2.87. The van der Waals surface area contributed by atoms with Crippen molar-refractivity contribution in [2.45, 2.75) is 44.6 Å². The Morgan fingerprint density at radius 3 is 2.52 bits per heavy atom. The van der Waals surface area contributed by atoms with Gasteiger partial charge in [-0.15, -0.1) is 0 Å². The quantitative estimate of drug-likeness (QED) is 0.572. The summed E-state index contributed by atoms with van der Waals surface area (Å²) in [6.07, 6.45) is -5.84. The van der Waals surface area contributed by atoms with E-state index in [-0.39, 0.29) is 17.9 Å². The van der Waals surface area contributed by atoms with Crippen LogP contribution in [0.3, 0.4) is 0 Å². The SMILES string of the molecule is CCCCOc1ccc(F)cc1C(O)CC(F)(F)C(F)F. The van der Waals surface area contributed by atoms with Crippen LogP contribution in [0.2, 0.25) is 0 Å². The zero-order valence-electron chi connectivity index (χ0n) is 11.5. The molecule has 2 nitrogen and oxygen atoms in total. The Hall–Kier alpha value is -1.37. The number of aliphatic hydroxyl groups is 1. The van der Waals surface area contributed by atoms with Crippen molar-refractivity contribution in [3.63, 3.8) is 0 Å². The van der Waals surface area contributed by atoms with Crippen molar-refractivity contribution in [1.29, 1.82) is 0 Å². The third kappa shape index (κ3) is 5.15. The maximum atomic E-state index is 13.2. The number of halogens is 5. The van der Waals surface area contributed by atoms with E-state index in [2.05, 4.69) is 0 Å². The van der Waals surface area contributed by atoms with Gasteiger partial charge >= 0.3 is 12.3 Å². The number of ether oxygens (including phenoxy) is 1. The normalized spacial score (nSPS) is 13.5. The molecule has 1 aromatic carbocycles. The van der Waals surface area contributed by atoms with Gasteiger partial charge in [-0.25, -0.2) is 22.0 Å². The lowest BCUT2D eigenvalue weighted by Crippen LogP contribution is -2.29. The summed E-state index contributed by atoms with van der Waals surface area (Å²) in [5.41, 5.74) is -0.258. The number of benzene rings is 1. The van der Waals surface area contributed by atoms with Crippen LogP contribution in [0, 0.1) is 5.82 Å². The monoisotopic (exact) mass is 312 g/mol. The van der Waals surface area contributed by atoms with Crippen molar-refractivity contribution < 1.29 is 31.8 Å². The molecule has 0 radical (unpaired) electrons. The van der Waals surface area contributed by atoms with E-state index in [0.29, 0.717) is 6.42 Å². The zero-order chi connectivity index (χ0) is 16.0. The predicted molar refractivity (Wildman–Crippen MR) is 67.3 cm³/mol. The van der Waals surface area contributed by atoms with Crippen LogP contribution in [0.1, 0.15) is 37.9 Å². The van der Waals surface area contributed by atoms with Crippen LogP contribution < -0.4 is 4.74 Å². The van der Waals surface area contributed by atoms with Gasteiger partial charge in [0, 0.05) is 12.0 Å². The molecular formula is C14H17F5O2. The summed E-state index contributed by atoms with van der Waals surface area (Å²) in [7, 11) is 0. The molecule has 1 rings (SSSR count). The van der Waals surface area contributed by atoms with E-state index in [0.717, 1.165) is 18.6 Å². The number of alkyl halides is 4. The molecule has 0 saturated heterocycles. The molecule has 0 aliphatic rings. The summed E-state index contributed by atoms with van der Waals surface area (Å²) in [5, 5.41) is 9.71. The van der Waals surface area contributed by atoms with Gasteiger partial charge in [-0.05, 0) is 24.6 Å². The number of hydrogen-bond donors (Lipinski definition) is 1. The molecule has 0 bridgehead atoms. The van der Waals surface area contributed by atoms with Gasteiger partial charge in [0.2, 0.25) is 0 Å². The molecule has 0 spiro atoms. The van der Waals surface area contributed by atoms with E-state index in [1.165, 1.54) is 6.07 Å². The summed E-state index contributed by atoms with van der Waals surface area (Å²) < 4.78 is 68.7. The Kier molecular flexibility index (Phi) is 6.39. The van der Waals surface area contributed by atoms with Crippen LogP contribution in [-0.4, -0.2) is 24.1 Å². The van der Waals surface area contributed by atoms with Crippen LogP contribution in [0.5, 0.6) is 5.75 Å². The van der Waals surface area contributed by atoms with Crippen molar-refractivity contribution >= 4 is 0 Å². The number of rotatable bonds is 8. The third-order valence-corrected chi connectivity index (χ3v) is 2.87. The fraction of sp³-hybridized carbons (Fsp3) is 0.571. The molecule has 0 amide bonds. The van der Waals surface area contributed by atoms with E-state index in [4.69, 9.17) is 4.74 Å². The van der Waals surface area contributed by atoms with E-state index in [9.17, 15) is 27.1 Å². The smallest absolute Gasteiger partial charge is 0.310 e. The summed E-state index contributed by atoms with van der Waals surface area (Å²) in [6, 6.07) is 3.04. The Morgan fingerprint density at radius 2 is 1.95 bits per heavy atom. The minimum atomic E-state index is -4.35. The standard InChI is InChI=1S/C14H17F5O2/c1-2-3-6-21-12-5-4-9(15)7-10(12)11(20)8-14(18,19)13(16)17/h4-5,7,11,13,20H,2-3,6,8H2,1H3. The van der Waals surface area contributed by atoms with Gasteiger partial charge in [-0.2, -0.15) is 0 Å². The first kappa shape index (κ1) is 17.7. The van der Waals surface area contributed by atoms with Gasteiger partial charge in [0.25, 0.3) is 0 Å². The van der Waals surface area contributed by atoms with Crippen LogP contribution in [0.15, 0.2) is 18.2 Å². The zero-order valence-corrected chi connectivity index (χ0v) is 11.5. The molecule has 0 heterocycles. The molecule has 0 aromatic heterocycles. The minimum absolute atomic E-state index is 0.0161. The van der Waals surface area contributed by atoms with Gasteiger partial charge in [0.05, 0.1) is 12.7 Å². The number of unbranched alkanes of at least 4 members (excludes halogenated alkanes) is 1. The van der Waals surface area contributed by atoms with E-state index < -0.39 is 30.7 Å². The largest absolute Gasteiger partial charge is 0.493 e. The highest BCUT2D eigenvalue weighted by atomic mass is 19.3. The predicted octanol–water partition coefficient (Wildman–Crippen LogP) is 4.33. The van der Waals surface area contributed by atoms with Gasteiger partial charge in [-0.3, -0.25) is 0 Å². The molecule has 0 aliphatic heterocycles. The highest BCUT2D eigenvalue weighted by Gasteiger charge is 2.43. The summed E-state index contributed by atoms with van der Waals surface area (Å²) in [4.78, 5) is 0. The van der Waals surface area contributed by atoms with Crippen LogP contribution in [0.4, 0.5) is 22.0 Å². The van der Waals surface area contributed by atoms with E-state index in [1.807, 2.05) is 6.92 Å². The summed E-state index contributed by atoms with van der Waals surface area (Å²) in [5.74, 6) is -5.11. The lowest BCUT2D eigenvalue weighted by atomic mass is 10.0.